The monoisotopic (exact) mass is 351 g/mol. The molecule has 126 valence electrons. The minimum atomic E-state index is -2.47. The maximum absolute atomic E-state index is 12.3. The average molecular weight is 351 g/mol. The van der Waals surface area contributed by atoms with E-state index in [0.29, 0.717) is 53.5 Å². The highest BCUT2D eigenvalue weighted by molar-refractivity contribution is 7.99. The molecule has 1 aliphatic rings. The van der Waals surface area contributed by atoms with Crippen LogP contribution in [0, 0.1) is 0 Å². The van der Waals surface area contributed by atoms with Gasteiger partial charge in [0.2, 0.25) is 0 Å². The molecule has 0 spiro atoms. The fourth-order valence-electron chi connectivity index (χ4n) is 2.27. The summed E-state index contributed by atoms with van der Waals surface area (Å²) in [6.07, 6.45) is 0. The molecule has 0 aliphatic carbocycles. The number of amides is 1. The lowest BCUT2D eigenvalue weighted by Gasteiger charge is -2.19. The second-order valence-corrected chi connectivity index (χ2v) is 6.13. The third-order valence-electron chi connectivity index (χ3n) is 3.40. The van der Waals surface area contributed by atoms with Crippen molar-refractivity contribution in [2.75, 3.05) is 13.2 Å². The number of fused-ring (bicyclic) bond motifs is 1. The van der Waals surface area contributed by atoms with Crippen molar-refractivity contribution in [1.29, 1.82) is 0 Å². The molecule has 24 heavy (non-hydrogen) atoms. The molecule has 0 bridgehead atoms. The topological polar surface area (TPSA) is 47.6 Å². The summed E-state index contributed by atoms with van der Waals surface area (Å²) >= 11 is 0.451. The highest BCUT2D eigenvalue weighted by Crippen LogP contribution is 2.30. The Labute approximate surface area is 142 Å². The summed E-state index contributed by atoms with van der Waals surface area (Å²) in [5.74, 6) is -1.37. The van der Waals surface area contributed by atoms with Crippen molar-refractivity contribution in [3.63, 3.8) is 0 Å². The number of nitrogens with one attached hydrogen (secondary N) is 1. The lowest BCUT2D eigenvalue weighted by Crippen LogP contribution is -2.23. The molecule has 0 unspecified atom stereocenters. The van der Waals surface area contributed by atoms with Gasteiger partial charge in [0, 0.05) is 17.0 Å². The van der Waals surface area contributed by atoms with Crippen LogP contribution in [-0.2, 0) is 6.54 Å². The standard InChI is InChI=1S/C17H15F2NO3S/c18-17(19)24-13-4-2-12(3-5-13)16(21)20-10-11-1-6-14-15(9-11)23-8-7-22-14/h1-6,9,17H,7-8,10H2,(H,20,21). The van der Waals surface area contributed by atoms with Crippen molar-refractivity contribution >= 4 is 17.7 Å². The van der Waals surface area contributed by atoms with Gasteiger partial charge in [-0.25, -0.2) is 0 Å². The molecule has 1 heterocycles. The number of benzene rings is 2. The first-order valence-electron chi connectivity index (χ1n) is 7.33. The number of alkyl halides is 2. The Morgan fingerprint density at radius 2 is 1.79 bits per heavy atom. The van der Waals surface area contributed by atoms with E-state index in [1.165, 1.54) is 24.3 Å². The molecular weight excluding hydrogens is 336 g/mol. The van der Waals surface area contributed by atoms with Gasteiger partial charge in [0.15, 0.2) is 11.5 Å². The van der Waals surface area contributed by atoms with Crippen LogP contribution in [-0.4, -0.2) is 24.9 Å². The molecule has 1 aliphatic heterocycles. The van der Waals surface area contributed by atoms with E-state index in [-0.39, 0.29) is 5.91 Å². The smallest absolute Gasteiger partial charge is 0.288 e. The predicted octanol–water partition coefficient (Wildman–Crippen LogP) is 3.70. The first kappa shape index (κ1) is 16.6. The summed E-state index contributed by atoms with van der Waals surface area (Å²) in [6, 6.07) is 11.6. The summed E-state index contributed by atoms with van der Waals surface area (Å²) in [4.78, 5) is 12.5. The van der Waals surface area contributed by atoms with Crippen LogP contribution in [0.5, 0.6) is 11.5 Å². The van der Waals surface area contributed by atoms with Crippen molar-refractivity contribution in [3.05, 3.63) is 53.6 Å². The number of carbonyl (C=O) groups excluding carboxylic acids is 1. The van der Waals surface area contributed by atoms with Crippen LogP contribution in [0.25, 0.3) is 0 Å². The highest BCUT2D eigenvalue weighted by Gasteiger charge is 2.12. The van der Waals surface area contributed by atoms with E-state index in [4.69, 9.17) is 9.47 Å². The first-order valence-corrected chi connectivity index (χ1v) is 8.21. The Kier molecular flexibility index (Phi) is 5.20. The molecule has 0 aromatic heterocycles. The van der Waals surface area contributed by atoms with Gasteiger partial charge < -0.3 is 14.8 Å². The fourth-order valence-corrected chi connectivity index (χ4v) is 2.77. The molecule has 1 N–H and O–H groups in total. The Balaban J connectivity index is 1.59. The van der Waals surface area contributed by atoms with E-state index in [0.717, 1.165) is 5.56 Å². The number of hydrogen-bond donors (Lipinski definition) is 1. The minimum Gasteiger partial charge on any atom is -0.486 e. The van der Waals surface area contributed by atoms with E-state index < -0.39 is 5.76 Å². The Morgan fingerprint density at radius 1 is 1.08 bits per heavy atom. The summed E-state index contributed by atoms with van der Waals surface area (Å²) < 4.78 is 35.5. The van der Waals surface area contributed by atoms with E-state index in [2.05, 4.69) is 5.32 Å². The molecule has 2 aromatic carbocycles. The van der Waals surface area contributed by atoms with Gasteiger partial charge in [0.1, 0.15) is 13.2 Å². The van der Waals surface area contributed by atoms with Gasteiger partial charge in [0.25, 0.3) is 11.7 Å². The van der Waals surface area contributed by atoms with Crippen LogP contribution in [0.1, 0.15) is 15.9 Å². The van der Waals surface area contributed by atoms with Gasteiger partial charge in [0.05, 0.1) is 0 Å². The number of halogens is 2. The number of carbonyl (C=O) groups is 1. The first-order chi connectivity index (χ1) is 11.6. The second-order valence-electron chi connectivity index (χ2n) is 5.06. The zero-order chi connectivity index (χ0) is 16.9. The molecule has 3 rings (SSSR count). The Morgan fingerprint density at radius 3 is 2.50 bits per heavy atom. The minimum absolute atomic E-state index is 0.265. The molecule has 0 atom stereocenters. The van der Waals surface area contributed by atoms with Crippen molar-refractivity contribution in [3.8, 4) is 11.5 Å². The summed E-state index contributed by atoms with van der Waals surface area (Å²) in [5.41, 5.74) is 1.31. The summed E-state index contributed by atoms with van der Waals surface area (Å²) in [7, 11) is 0. The molecule has 0 radical (unpaired) electrons. The van der Waals surface area contributed by atoms with Gasteiger partial charge in [-0.15, -0.1) is 0 Å². The molecule has 4 nitrogen and oxygen atoms in total. The van der Waals surface area contributed by atoms with Gasteiger partial charge in [-0.05, 0) is 42.0 Å². The van der Waals surface area contributed by atoms with E-state index in [9.17, 15) is 13.6 Å². The lowest BCUT2D eigenvalue weighted by molar-refractivity contribution is 0.0950. The average Bonchev–Trinajstić information content (AvgIpc) is 2.59. The fraction of sp³-hybridized carbons (Fsp3) is 0.235. The van der Waals surface area contributed by atoms with E-state index >= 15 is 0 Å². The van der Waals surface area contributed by atoms with Crippen molar-refractivity contribution in [1.82, 2.24) is 5.32 Å². The Hall–Kier alpha value is -2.28. The van der Waals surface area contributed by atoms with Gasteiger partial charge >= 0.3 is 0 Å². The van der Waals surface area contributed by atoms with Gasteiger partial charge in [-0.2, -0.15) is 8.78 Å². The Bertz CT molecular complexity index is 722. The molecular formula is C17H15F2NO3S. The van der Waals surface area contributed by atoms with Gasteiger partial charge in [-0.3, -0.25) is 4.79 Å². The van der Waals surface area contributed by atoms with Crippen LogP contribution in [0.2, 0.25) is 0 Å². The number of rotatable bonds is 5. The van der Waals surface area contributed by atoms with Crippen LogP contribution in [0.3, 0.4) is 0 Å². The van der Waals surface area contributed by atoms with Crippen molar-refractivity contribution in [2.45, 2.75) is 17.2 Å². The maximum Gasteiger partial charge on any atom is 0.288 e. The molecule has 0 fully saturated rings. The maximum atomic E-state index is 12.3. The van der Waals surface area contributed by atoms with Crippen LogP contribution < -0.4 is 14.8 Å². The highest BCUT2D eigenvalue weighted by atomic mass is 32.2. The second kappa shape index (κ2) is 7.53. The molecule has 2 aromatic rings. The number of hydrogen-bond acceptors (Lipinski definition) is 4. The van der Waals surface area contributed by atoms with Crippen LogP contribution in [0.4, 0.5) is 8.78 Å². The van der Waals surface area contributed by atoms with Crippen molar-refractivity contribution < 1.29 is 23.0 Å². The molecule has 0 saturated carbocycles. The van der Waals surface area contributed by atoms with Gasteiger partial charge in [-0.1, -0.05) is 17.8 Å². The third-order valence-corrected chi connectivity index (χ3v) is 4.12. The zero-order valence-corrected chi connectivity index (χ0v) is 13.4. The number of thioether (sulfide) groups is 1. The third kappa shape index (κ3) is 4.17. The normalized spacial score (nSPS) is 13.0. The SMILES string of the molecule is O=C(NCc1ccc2c(c1)OCCO2)c1ccc(SC(F)F)cc1. The van der Waals surface area contributed by atoms with Crippen LogP contribution >= 0.6 is 11.8 Å². The van der Waals surface area contributed by atoms with E-state index in [1.54, 1.807) is 0 Å². The summed E-state index contributed by atoms with van der Waals surface area (Å²) in [6.45, 7) is 1.37. The largest absolute Gasteiger partial charge is 0.486 e. The van der Waals surface area contributed by atoms with Crippen LogP contribution in [0.15, 0.2) is 47.4 Å². The molecule has 7 heteroatoms. The molecule has 1 amide bonds. The number of ether oxygens (including phenoxy) is 2. The lowest BCUT2D eigenvalue weighted by atomic mass is 10.1. The zero-order valence-electron chi connectivity index (χ0n) is 12.6. The molecule has 0 saturated heterocycles. The quantitative estimate of drug-likeness (QED) is 0.835. The van der Waals surface area contributed by atoms with Crippen molar-refractivity contribution in [2.24, 2.45) is 0 Å². The summed E-state index contributed by atoms with van der Waals surface area (Å²) in [5, 5.41) is 2.79. The van der Waals surface area contributed by atoms with E-state index in [1.807, 2.05) is 18.2 Å². The predicted molar refractivity (Wildman–Crippen MR) is 86.9 cm³/mol.